The van der Waals surface area contributed by atoms with Gasteiger partial charge in [0.05, 0.1) is 0 Å². The highest BCUT2D eigenvalue weighted by molar-refractivity contribution is 5.79. The summed E-state index contributed by atoms with van der Waals surface area (Å²) in [5.41, 5.74) is 0. The van der Waals surface area contributed by atoms with Crippen LogP contribution in [0.1, 0.15) is 40.0 Å². The van der Waals surface area contributed by atoms with Crippen LogP contribution in [0.5, 0.6) is 0 Å². The summed E-state index contributed by atoms with van der Waals surface area (Å²) in [6, 6.07) is 0.543. The summed E-state index contributed by atoms with van der Waals surface area (Å²) in [5.74, 6) is 0.600. The zero-order chi connectivity index (χ0) is 11.3. The van der Waals surface area contributed by atoms with Crippen molar-refractivity contribution in [2.24, 2.45) is 5.92 Å². The molecule has 1 N–H and O–H groups in total. The highest BCUT2D eigenvalue weighted by Crippen LogP contribution is 2.16. The first-order chi connectivity index (χ1) is 7.11. The minimum absolute atomic E-state index is 0.247. The summed E-state index contributed by atoms with van der Waals surface area (Å²) in [6.07, 6.45) is 3.31. The Hall–Kier alpha value is -0.570. The van der Waals surface area contributed by atoms with E-state index in [2.05, 4.69) is 19.2 Å². The zero-order valence-electron chi connectivity index (χ0n) is 10.3. The molecule has 1 amide bonds. The van der Waals surface area contributed by atoms with Crippen molar-refractivity contribution in [2.75, 3.05) is 19.6 Å². The first kappa shape index (κ1) is 12.5. The van der Waals surface area contributed by atoms with Crippen LogP contribution in [-0.4, -0.2) is 36.5 Å². The average Bonchev–Trinajstić information content (AvgIpc) is 2.18. The van der Waals surface area contributed by atoms with Gasteiger partial charge in [-0.3, -0.25) is 4.79 Å². The second kappa shape index (κ2) is 6.11. The van der Waals surface area contributed by atoms with Gasteiger partial charge in [0.2, 0.25) is 5.91 Å². The largest absolute Gasteiger partial charge is 0.342 e. The highest BCUT2D eigenvalue weighted by atomic mass is 16.2. The van der Waals surface area contributed by atoms with Crippen molar-refractivity contribution in [2.45, 2.75) is 46.1 Å². The van der Waals surface area contributed by atoms with Crippen molar-refractivity contribution in [3.8, 4) is 0 Å². The molecule has 0 aliphatic carbocycles. The first-order valence-corrected chi connectivity index (χ1v) is 6.13. The van der Waals surface area contributed by atoms with E-state index in [0.717, 1.165) is 32.5 Å². The van der Waals surface area contributed by atoms with Gasteiger partial charge in [0.1, 0.15) is 0 Å². The van der Waals surface area contributed by atoms with Gasteiger partial charge in [-0.05, 0) is 25.8 Å². The van der Waals surface area contributed by atoms with Crippen LogP contribution < -0.4 is 5.32 Å². The van der Waals surface area contributed by atoms with Gasteiger partial charge < -0.3 is 10.2 Å². The van der Waals surface area contributed by atoms with Crippen LogP contribution in [-0.2, 0) is 4.79 Å². The Labute approximate surface area is 93.2 Å². The number of likely N-dealkylation sites (tertiary alicyclic amines) is 1. The number of hydrogen-bond acceptors (Lipinski definition) is 2. The Kier molecular flexibility index (Phi) is 5.09. The summed E-state index contributed by atoms with van der Waals surface area (Å²) in [4.78, 5) is 13.8. The van der Waals surface area contributed by atoms with Crippen LogP contribution in [0.15, 0.2) is 0 Å². The molecule has 1 aliphatic heterocycles. The third-order valence-electron chi connectivity index (χ3n) is 2.96. The van der Waals surface area contributed by atoms with Crippen LogP contribution in [0, 0.1) is 5.92 Å². The number of carbonyl (C=O) groups excluding carboxylic acids is 1. The lowest BCUT2D eigenvalue weighted by Gasteiger charge is -2.30. The molecule has 0 aromatic heterocycles. The molecular formula is C12H24N2O. The molecule has 0 saturated carbocycles. The monoisotopic (exact) mass is 212 g/mol. The lowest BCUT2D eigenvalue weighted by Crippen LogP contribution is -2.41. The maximum absolute atomic E-state index is 11.8. The number of nitrogens with zero attached hydrogens (tertiary/aromatic N) is 1. The van der Waals surface area contributed by atoms with Crippen molar-refractivity contribution in [1.29, 1.82) is 0 Å². The van der Waals surface area contributed by atoms with Crippen molar-refractivity contribution in [1.82, 2.24) is 10.2 Å². The number of nitrogens with one attached hydrogen (secondary N) is 1. The predicted octanol–water partition coefficient (Wildman–Crippen LogP) is 1.63. The van der Waals surface area contributed by atoms with E-state index in [1.54, 1.807) is 0 Å². The number of hydrogen-bond donors (Lipinski definition) is 1. The fraction of sp³-hybridized carbons (Fsp3) is 0.917. The van der Waals surface area contributed by atoms with Crippen LogP contribution in [0.2, 0.25) is 0 Å². The fourth-order valence-corrected chi connectivity index (χ4v) is 2.02. The Morgan fingerprint density at radius 2 is 2.27 bits per heavy atom. The van der Waals surface area contributed by atoms with Crippen molar-refractivity contribution in [3.63, 3.8) is 0 Å². The quantitative estimate of drug-likeness (QED) is 0.703. The Morgan fingerprint density at radius 1 is 1.53 bits per heavy atom. The molecule has 88 valence electrons. The smallest absolute Gasteiger partial charge is 0.225 e. The van der Waals surface area contributed by atoms with E-state index < -0.39 is 0 Å². The van der Waals surface area contributed by atoms with E-state index in [4.69, 9.17) is 0 Å². The standard InChI is InChI=1S/C12H24N2O/c1-10(2)13-7-5-9-14-8-4-6-11(3)12(14)15/h10-11,13H,4-9H2,1-3H3. The SMILES string of the molecule is CC(C)NCCCN1CCCC(C)C1=O. The van der Waals surface area contributed by atoms with Crippen LogP contribution in [0.4, 0.5) is 0 Å². The first-order valence-electron chi connectivity index (χ1n) is 6.13. The molecule has 0 bridgehead atoms. The molecule has 0 spiro atoms. The normalized spacial score (nSPS) is 22.5. The van der Waals surface area contributed by atoms with Crippen molar-refractivity contribution < 1.29 is 4.79 Å². The number of rotatable bonds is 5. The minimum atomic E-state index is 0.247. The second-order valence-electron chi connectivity index (χ2n) is 4.83. The van der Waals surface area contributed by atoms with E-state index in [1.807, 2.05) is 11.8 Å². The van der Waals surface area contributed by atoms with Crippen LogP contribution in [0.3, 0.4) is 0 Å². The summed E-state index contributed by atoms with van der Waals surface area (Å²) in [7, 11) is 0. The third-order valence-corrected chi connectivity index (χ3v) is 2.96. The topological polar surface area (TPSA) is 32.3 Å². The molecule has 0 aromatic rings. The average molecular weight is 212 g/mol. The summed E-state index contributed by atoms with van der Waals surface area (Å²) < 4.78 is 0. The van der Waals surface area contributed by atoms with Crippen LogP contribution >= 0.6 is 0 Å². The molecule has 1 heterocycles. The molecule has 0 radical (unpaired) electrons. The van der Waals surface area contributed by atoms with E-state index in [0.29, 0.717) is 11.9 Å². The number of piperidine rings is 1. The van der Waals surface area contributed by atoms with Gasteiger partial charge in [-0.15, -0.1) is 0 Å². The Morgan fingerprint density at radius 3 is 2.93 bits per heavy atom. The van der Waals surface area contributed by atoms with Gasteiger partial charge in [0, 0.05) is 25.0 Å². The van der Waals surface area contributed by atoms with E-state index >= 15 is 0 Å². The predicted molar refractivity (Wildman–Crippen MR) is 62.7 cm³/mol. The van der Waals surface area contributed by atoms with E-state index in [-0.39, 0.29) is 5.92 Å². The molecule has 0 aromatic carbocycles. The number of amides is 1. The summed E-state index contributed by atoms with van der Waals surface area (Å²) in [6.45, 7) is 9.23. The lowest BCUT2D eigenvalue weighted by molar-refractivity contribution is -0.137. The number of carbonyl (C=O) groups is 1. The Bertz CT molecular complexity index is 204. The molecule has 1 rings (SSSR count). The highest BCUT2D eigenvalue weighted by Gasteiger charge is 2.24. The van der Waals surface area contributed by atoms with Crippen LogP contribution in [0.25, 0.3) is 0 Å². The van der Waals surface area contributed by atoms with Gasteiger partial charge in [-0.1, -0.05) is 20.8 Å². The molecule has 1 unspecified atom stereocenters. The molecule has 1 aliphatic rings. The fourth-order valence-electron chi connectivity index (χ4n) is 2.02. The molecule has 3 heteroatoms. The summed E-state index contributed by atoms with van der Waals surface area (Å²) >= 11 is 0. The minimum Gasteiger partial charge on any atom is -0.342 e. The Balaban J connectivity index is 2.17. The van der Waals surface area contributed by atoms with Gasteiger partial charge >= 0.3 is 0 Å². The molecule has 3 nitrogen and oxygen atoms in total. The van der Waals surface area contributed by atoms with E-state index in [1.165, 1.54) is 6.42 Å². The maximum Gasteiger partial charge on any atom is 0.225 e. The third kappa shape index (κ3) is 4.20. The molecule has 1 atom stereocenters. The second-order valence-corrected chi connectivity index (χ2v) is 4.83. The summed E-state index contributed by atoms with van der Waals surface area (Å²) in [5, 5.41) is 3.37. The zero-order valence-corrected chi connectivity index (χ0v) is 10.3. The molecule has 1 saturated heterocycles. The lowest BCUT2D eigenvalue weighted by atomic mass is 9.99. The van der Waals surface area contributed by atoms with Crippen molar-refractivity contribution in [3.05, 3.63) is 0 Å². The van der Waals surface area contributed by atoms with Gasteiger partial charge in [0.25, 0.3) is 0 Å². The maximum atomic E-state index is 11.8. The molecule has 1 fully saturated rings. The van der Waals surface area contributed by atoms with E-state index in [9.17, 15) is 4.79 Å². The van der Waals surface area contributed by atoms with Crippen molar-refractivity contribution >= 4 is 5.91 Å². The molecular weight excluding hydrogens is 188 g/mol. The van der Waals surface area contributed by atoms with Gasteiger partial charge in [-0.2, -0.15) is 0 Å². The van der Waals surface area contributed by atoms with Gasteiger partial charge in [-0.25, -0.2) is 0 Å². The van der Waals surface area contributed by atoms with Gasteiger partial charge in [0.15, 0.2) is 0 Å². The molecule has 15 heavy (non-hydrogen) atoms.